The third-order valence-corrected chi connectivity index (χ3v) is 6.99. The van der Waals surface area contributed by atoms with Crippen molar-refractivity contribution in [1.82, 2.24) is 14.9 Å². The van der Waals surface area contributed by atoms with Crippen molar-refractivity contribution in [1.29, 1.82) is 0 Å². The fourth-order valence-corrected chi connectivity index (χ4v) is 5.82. The molecule has 22 heavy (non-hydrogen) atoms. The predicted octanol–water partition coefficient (Wildman–Crippen LogP) is 0.406. The van der Waals surface area contributed by atoms with Crippen LogP contribution in [0, 0.1) is 12.8 Å². The second kappa shape index (κ2) is 4.09. The van der Waals surface area contributed by atoms with Crippen LogP contribution in [0.3, 0.4) is 0 Å². The van der Waals surface area contributed by atoms with Gasteiger partial charge in [0.15, 0.2) is 5.69 Å². The van der Waals surface area contributed by atoms with E-state index < -0.39 is 32.8 Å². The highest BCUT2D eigenvalue weighted by molar-refractivity contribution is 7.89. The number of ether oxygens (including phenoxy) is 1. The minimum Gasteiger partial charge on any atom is -0.476 e. The summed E-state index contributed by atoms with van der Waals surface area (Å²) in [6.07, 6.45) is 3.48. The summed E-state index contributed by atoms with van der Waals surface area (Å²) >= 11 is 0. The number of carboxylic acids is 1. The van der Waals surface area contributed by atoms with Gasteiger partial charge in [0.2, 0.25) is 10.0 Å². The molecule has 3 N–H and O–H groups in total. The van der Waals surface area contributed by atoms with E-state index in [1.165, 1.54) is 6.92 Å². The molecular formula is C13H17N3O5S. The number of carbonyl (C=O) groups is 1. The normalized spacial score (nSPS) is 31.8. The van der Waals surface area contributed by atoms with Crippen LogP contribution in [-0.4, -0.2) is 47.4 Å². The molecule has 0 aromatic carbocycles. The van der Waals surface area contributed by atoms with Crippen LogP contribution in [0.15, 0.2) is 4.90 Å². The van der Waals surface area contributed by atoms with Gasteiger partial charge in [-0.2, -0.15) is 5.10 Å². The van der Waals surface area contributed by atoms with Crippen molar-refractivity contribution in [3.8, 4) is 0 Å². The Bertz CT molecular complexity index is 767. The zero-order chi connectivity index (χ0) is 15.8. The van der Waals surface area contributed by atoms with Crippen molar-refractivity contribution >= 4 is 16.0 Å². The molecular weight excluding hydrogens is 310 g/mol. The number of carboxylic acid groups (broad SMARTS) is 1. The lowest BCUT2D eigenvalue weighted by atomic mass is 9.73. The lowest BCUT2D eigenvalue weighted by Gasteiger charge is -2.45. The molecule has 8 nitrogen and oxygen atoms in total. The third-order valence-electron chi connectivity index (χ3n) is 5.32. The van der Waals surface area contributed by atoms with E-state index in [0.29, 0.717) is 6.61 Å². The molecule has 0 unspecified atom stereocenters. The molecule has 0 amide bonds. The molecule has 1 saturated heterocycles. The quantitative estimate of drug-likeness (QED) is 0.736. The number of rotatable bonds is 4. The van der Waals surface area contributed by atoms with E-state index in [9.17, 15) is 13.2 Å². The molecule has 1 aliphatic heterocycles. The van der Waals surface area contributed by atoms with Crippen LogP contribution in [0.5, 0.6) is 0 Å². The average Bonchev–Trinajstić information content (AvgIpc) is 2.78. The fourth-order valence-electron chi connectivity index (χ4n) is 3.97. The van der Waals surface area contributed by atoms with Crippen molar-refractivity contribution in [2.45, 2.75) is 48.6 Å². The van der Waals surface area contributed by atoms with Crippen molar-refractivity contribution in [2.75, 3.05) is 6.61 Å². The number of aryl methyl sites for hydroxylation is 1. The number of hydrogen-bond donors (Lipinski definition) is 3. The van der Waals surface area contributed by atoms with E-state index in [1.807, 2.05) is 0 Å². The van der Waals surface area contributed by atoms with Crippen LogP contribution >= 0.6 is 0 Å². The molecule has 3 aliphatic rings. The molecule has 2 saturated carbocycles. The molecule has 3 fully saturated rings. The third kappa shape index (κ3) is 1.61. The first-order chi connectivity index (χ1) is 10.3. The Kier molecular flexibility index (Phi) is 2.63. The number of H-pyrrole nitrogens is 1. The molecule has 2 aliphatic carbocycles. The summed E-state index contributed by atoms with van der Waals surface area (Å²) in [6, 6.07) is 0. The van der Waals surface area contributed by atoms with Gasteiger partial charge in [-0.15, -0.1) is 0 Å². The van der Waals surface area contributed by atoms with Gasteiger partial charge in [-0.25, -0.2) is 17.9 Å². The van der Waals surface area contributed by atoms with E-state index in [2.05, 4.69) is 14.9 Å². The largest absolute Gasteiger partial charge is 0.476 e. The summed E-state index contributed by atoms with van der Waals surface area (Å²) in [5, 5.41) is 15.2. The van der Waals surface area contributed by atoms with Gasteiger partial charge >= 0.3 is 5.97 Å². The minimum atomic E-state index is -3.98. The lowest BCUT2D eigenvalue weighted by molar-refractivity contribution is -0.0917. The van der Waals surface area contributed by atoms with Crippen LogP contribution in [-0.2, 0) is 14.8 Å². The SMILES string of the molecule is Cc1[nH]nc(C(=O)O)c1S(=O)(=O)N[C@]12C[C@H]1COC21CCC1. The summed E-state index contributed by atoms with van der Waals surface area (Å²) in [4.78, 5) is 10.9. The molecule has 0 radical (unpaired) electrons. The van der Waals surface area contributed by atoms with Crippen LogP contribution in [0.2, 0.25) is 0 Å². The van der Waals surface area contributed by atoms with Gasteiger partial charge in [-0.3, -0.25) is 5.10 Å². The standard InChI is InChI=1S/C13H17N3O5S/c1-7-10(9(11(17)18)15-14-7)22(19,20)16-13-5-8(13)6-21-12(13)3-2-4-12/h8,16H,2-6H2,1H3,(H,14,15)(H,17,18)/t8-,13+/m0/s1. The average molecular weight is 327 g/mol. The van der Waals surface area contributed by atoms with Crippen molar-refractivity contribution < 1.29 is 23.1 Å². The van der Waals surface area contributed by atoms with Gasteiger partial charge in [0, 0.05) is 5.92 Å². The van der Waals surface area contributed by atoms with E-state index in [1.54, 1.807) is 0 Å². The van der Waals surface area contributed by atoms with Gasteiger partial charge in [0.25, 0.3) is 0 Å². The van der Waals surface area contributed by atoms with E-state index in [-0.39, 0.29) is 16.5 Å². The minimum absolute atomic E-state index is 0.183. The smallest absolute Gasteiger partial charge is 0.357 e. The molecule has 9 heteroatoms. The maximum Gasteiger partial charge on any atom is 0.357 e. The predicted molar refractivity (Wildman–Crippen MR) is 74.0 cm³/mol. The van der Waals surface area contributed by atoms with Gasteiger partial charge in [-0.1, -0.05) is 0 Å². The van der Waals surface area contributed by atoms with E-state index >= 15 is 0 Å². The van der Waals surface area contributed by atoms with Crippen LogP contribution in [0.4, 0.5) is 0 Å². The Balaban J connectivity index is 1.72. The van der Waals surface area contributed by atoms with Gasteiger partial charge in [0.05, 0.1) is 23.4 Å². The van der Waals surface area contributed by atoms with Crippen LogP contribution in [0.1, 0.15) is 41.9 Å². The first kappa shape index (κ1) is 14.2. The van der Waals surface area contributed by atoms with Crippen molar-refractivity contribution in [3.05, 3.63) is 11.4 Å². The zero-order valence-corrected chi connectivity index (χ0v) is 12.9. The lowest BCUT2D eigenvalue weighted by Crippen LogP contribution is -2.58. The monoisotopic (exact) mass is 327 g/mol. The first-order valence-electron chi connectivity index (χ1n) is 7.28. The summed E-state index contributed by atoms with van der Waals surface area (Å²) in [5.41, 5.74) is -1.21. The molecule has 2 heterocycles. The summed E-state index contributed by atoms with van der Waals surface area (Å²) in [6.45, 7) is 2.07. The van der Waals surface area contributed by atoms with Crippen LogP contribution < -0.4 is 4.72 Å². The zero-order valence-electron chi connectivity index (χ0n) is 12.0. The number of nitrogens with zero attached hydrogens (tertiary/aromatic N) is 1. The highest BCUT2D eigenvalue weighted by Crippen LogP contribution is 2.65. The Labute approximate surface area is 127 Å². The molecule has 120 valence electrons. The molecule has 1 aromatic rings. The van der Waals surface area contributed by atoms with Gasteiger partial charge in [-0.05, 0) is 32.6 Å². The highest BCUT2D eigenvalue weighted by Gasteiger charge is 2.75. The van der Waals surface area contributed by atoms with Crippen LogP contribution in [0.25, 0.3) is 0 Å². The van der Waals surface area contributed by atoms with E-state index in [4.69, 9.17) is 9.84 Å². The molecule has 1 spiro atoms. The second-order valence-corrected chi connectivity index (χ2v) is 8.09. The number of aromatic nitrogens is 2. The number of hydrogen-bond acceptors (Lipinski definition) is 5. The Morgan fingerprint density at radius 1 is 1.50 bits per heavy atom. The van der Waals surface area contributed by atoms with Gasteiger partial charge in [0.1, 0.15) is 4.90 Å². The van der Waals surface area contributed by atoms with Crippen molar-refractivity contribution in [2.24, 2.45) is 5.92 Å². The summed E-state index contributed by atoms with van der Waals surface area (Å²) < 4.78 is 34.1. The van der Waals surface area contributed by atoms with Gasteiger partial charge < -0.3 is 9.84 Å². The molecule has 4 rings (SSSR count). The Morgan fingerprint density at radius 2 is 2.23 bits per heavy atom. The number of aromatic carboxylic acids is 1. The fraction of sp³-hybridized carbons (Fsp3) is 0.692. The Hall–Kier alpha value is -1.45. The molecule has 1 aromatic heterocycles. The number of fused-ring (bicyclic) bond motifs is 2. The maximum atomic E-state index is 12.8. The van der Waals surface area contributed by atoms with E-state index in [0.717, 1.165) is 25.7 Å². The highest BCUT2D eigenvalue weighted by atomic mass is 32.2. The molecule has 2 atom stereocenters. The van der Waals surface area contributed by atoms with Crippen molar-refractivity contribution in [3.63, 3.8) is 0 Å². The second-order valence-electron chi connectivity index (χ2n) is 6.47. The number of sulfonamides is 1. The topological polar surface area (TPSA) is 121 Å². The summed E-state index contributed by atoms with van der Waals surface area (Å²) in [5.74, 6) is -1.18. The number of nitrogens with one attached hydrogen (secondary N) is 2. The number of aromatic amines is 1. The first-order valence-corrected chi connectivity index (χ1v) is 8.76. The Morgan fingerprint density at radius 3 is 2.77 bits per heavy atom. The molecule has 0 bridgehead atoms. The summed E-state index contributed by atoms with van der Waals surface area (Å²) in [7, 11) is -3.98. The maximum absolute atomic E-state index is 12.8.